The zero-order valence-corrected chi connectivity index (χ0v) is 16.2. The third kappa shape index (κ3) is 4.66. The molecule has 0 radical (unpaired) electrons. The molecular weight excluding hydrogens is 320 g/mol. The predicted octanol–water partition coefficient (Wildman–Crippen LogP) is 4.79. The maximum atomic E-state index is 5.52. The second-order valence-corrected chi connectivity index (χ2v) is 7.19. The second kappa shape index (κ2) is 9.75. The van der Waals surface area contributed by atoms with Crippen molar-refractivity contribution in [3.63, 3.8) is 0 Å². The molecule has 2 aromatic carbocycles. The van der Waals surface area contributed by atoms with E-state index in [4.69, 9.17) is 4.74 Å². The summed E-state index contributed by atoms with van der Waals surface area (Å²) >= 11 is 0. The number of benzene rings is 2. The first-order valence-electron chi connectivity index (χ1n) is 9.97. The Hall–Kier alpha value is -1.84. The minimum Gasteiger partial charge on any atom is -0.496 e. The van der Waals surface area contributed by atoms with Crippen molar-refractivity contribution < 1.29 is 4.74 Å². The Balaban J connectivity index is 1.76. The van der Waals surface area contributed by atoms with E-state index < -0.39 is 0 Å². The number of hydrogen-bond donors (Lipinski definition) is 1. The second-order valence-electron chi connectivity index (χ2n) is 7.19. The third-order valence-electron chi connectivity index (χ3n) is 5.42. The van der Waals surface area contributed by atoms with Gasteiger partial charge in [-0.2, -0.15) is 0 Å². The molecule has 2 aromatic rings. The summed E-state index contributed by atoms with van der Waals surface area (Å²) in [7, 11) is 1.75. The van der Waals surface area contributed by atoms with Gasteiger partial charge in [0.15, 0.2) is 0 Å². The van der Waals surface area contributed by atoms with Crippen molar-refractivity contribution in [1.29, 1.82) is 0 Å². The molecule has 1 heterocycles. The fourth-order valence-electron chi connectivity index (χ4n) is 4.07. The van der Waals surface area contributed by atoms with Crippen molar-refractivity contribution in [3.8, 4) is 5.75 Å². The number of nitrogens with zero attached hydrogens (tertiary/aromatic N) is 1. The van der Waals surface area contributed by atoms with Crippen LogP contribution >= 0.6 is 0 Å². The van der Waals surface area contributed by atoms with Gasteiger partial charge >= 0.3 is 0 Å². The van der Waals surface area contributed by atoms with Crippen molar-refractivity contribution in [1.82, 2.24) is 10.2 Å². The Morgan fingerprint density at radius 3 is 2.62 bits per heavy atom. The van der Waals surface area contributed by atoms with Gasteiger partial charge in [0.2, 0.25) is 0 Å². The average Bonchev–Trinajstić information content (AvgIpc) is 2.71. The van der Waals surface area contributed by atoms with Crippen LogP contribution in [0.5, 0.6) is 5.75 Å². The summed E-state index contributed by atoms with van der Waals surface area (Å²) < 4.78 is 5.52. The summed E-state index contributed by atoms with van der Waals surface area (Å²) in [4.78, 5) is 2.68. The fourth-order valence-corrected chi connectivity index (χ4v) is 4.07. The van der Waals surface area contributed by atoms with Crippen molar-refractivity contribution in [2.45, 2.75) is 51.2 Å². The Bertz CT molecular complexity index is 658. The third-order valence-corrected chi connectivity index (χ3v) is 5.42. The largest absolute Gasteiger partial charge is 0.496 e. The van der Waals surface area contributed by atoms with E-state index in [0.29, 0.717) is 12.1 Å². The van der Waals surface area contributed by atoms with E-state index >= 15 is 0 Å². The molecule has 1 fully saturated rings. The van der Waals surface area contributed by atoms with Gasteiger partial charge in [-0.3, -0.25) is 4.90 Å². The van der Waals surface area contributed by atoms with Gasteiger partial charge in [-0.15, -0.1) is 0 Å². The molecule has 2 unspecified atom stereocenters. The number of rotatable bonds is 8. The summed E-state index contributed by atoms with van der Waals surface area (Å²) in [6.45, 7) is 5.51. The normalized spacial score (nSPS) is 20.8. The van der Waals surface area contributed by atoms with Crippen molar-refractivity contribution in [3.05, 3.63) is 65.7 Å². The topological polar surface area (TPSA) is 24.5 Å². The molecule has 1 aliphatic rings. The lowest BCUT2D eigenvalue weighted by atomic mass is 9.89. The summed E-state index contributed by atoms with van der Waals surface area (Å²) in [6, 6.07) is 20.2. The first-order valence-corrected chi connectivity index (χ1v) is 9.97. The fraction of sp³-hybridized carbons (Fsp3) is 0.478. The van der Waals surface area contributed by atoms with Gasteiger partial charge in [0.1, 0.15) is 5.75 Å². The maximum absolute atomic E-state index is 5.52. The molecule has 0 bridgehead atoms. The van der Waals surface area contributed by atoms with Crippen LogP contribution in [0.3, 0.4) is 0 Å². The van der Waals surface area contributed by atoms with Crippen molar-refractivity contribution >= 4 is 0 Å². The number of unbranched alkanes of at least 4 members (excludes halogenated alkanes) is 1. The van der Waals surface area contributed by atoms with Gasteiger partial charge in [-0.05, 0) is 44.0 Å². The molecular formula is C23H32N2O. The van der Waals surface area contributed by atoms with Crippen LogP contribution in [-0.4, -0.2) is 31.1 Å². The zero-order chi connectivity index (χ0) is 18.2. The molecule has 1 N–H and O–H groups in total. The first-order chi connectivity index (χ1) is 12.8. The lowest BCUT2D eigenvalue weighted by Gasteiger charge is -2.42. The van der Waals surface area contributed by atoms with Crippen LogP contribution in [0.1, 0.15) is 49.8 Å². The molecule has 1 aliphatic heterocycles. The number of piperidine rings is 1. The lowest BCUT2D eigenvalue weighted by molar-refractivity contribution is 0.109. The van der Waals surface area contributed by atoms with Gasteiger partial charge in [-0.25, -0.2) is 0 Å². The van der Waals surface area contributed by atoms with E-state index in [0.717, 1.165) is 12.3 Å². The highest BCUT2D eigenvalue weighted by atomic mass is 16.5. The molecule has 2 atom stereocenters. The molecule has 3 nitrogen and oxygen atoms in total. The van der Waals surface area contributed by atoms with Crippen molar-refractivity contribution in [2.24, 2.45) is 0 Å². The van der Waals surface area contributed by atoms with E-state index in [1.54, 1.807) is 7.11 Å². The molecule has 3 rings (SSSR count). The number of likely N-dealkylation sites (tertiary alicyclic amines) is 1. The highest BCUT2D eigenvalue weighted by Crippen LogP contribution is 2.32. The molecule has 0 aromatic heterocycles. The predicted molar refractivity (Wildman–Crippen MR) is 109 cm³/mol. The smallest absolute Gasteiger partial charge is 0.123 e. The minimum absolute atomic E-state index is 0.450. The van der Waals surface area contributed by atoms with Crippen LogP contribution in [0, 0.1) is 0 Å². The molecule has 140 valence electrons. The van der Waals surface area contributed by atoms with Crippen LogP contribution in [0.15, 0.2) is 54.6 Å². The van der Waals surface area contributed by atoms with E-state index in [-0.39, 0.29) is 0 Å². The molecule has 1 saturated heterocycles. The quantitative estimate of drug-likeness (QED) is 0.739. The van der Waals surface area contributed by atoms with Crippen LogP contribution in [-0.2, 0) is 6.54 Å². The standard InChI is InChI=1S/C23H32N2O/c1-3-4-16-25-17-10-14-21(23(25)19-11-6-5-7-12-19)24-18-20-13-8-9-15-22(20)26-2/h5-9,11-13,15,21,23-24H,3-4,10,14,16-18H2,1-2H3. The maximum Gasteiger partial charge on any atom is 0.123 e. The molecule has 0 amide bonds. The highest BCUT2D eigenvalue weighted by molar-refractivity contribution is 5.33. The molecule has 3 heteroatoms. The Labute approximate surface area is 158 Å². The monoisotopic (exact) mass is 352 g/mol. The summed E-state index contributed by atoms with van der Waals surface area (Å²) in [5, 5.41) is 3.85. The van der Waals surface area contributed by atoms with Gasteiger partial charge in [0.05, 0.1) is 13.2 Å². The summed E-state index contributed by atoms with van der Waals surface area (Å²) in [6.07, 6.45) is 4.99. The van der Waals surface area contributed by atoms with Gasteiger partial charge in [0, 0.05) is 18.2 Å². The highest BCUT2D eigenvalue weighted by Gasteiger charge is 2.31. The van der Waals surface area contributed by atoms with Crippen LogP contribution in [0.4, 0.5) is 0 Å². The average molecular weight is 353 g/mol. The number of ether oxygens (including phenoxy) is 1. The SMILES string of the molecule is CCCCN1CCCC(NCc2ccccc2OC)C1c1ccccc1. The zero-order valence-electron chi connectivity index (χ0n) is 16.2. The molecule has 0 saturated carbocycles. The van der Waals surface area contributed by atoms with Crippen LogP contribution in [0.25, 0.3) is 0 Å². The van der Waals surface area contributed by atoms with Crippen LogP contribution < -0.4 is 10.1 Å². The summed E-state index contributed by atoms with van der Waals surface area (Å²) in [5.41, 5.74) is 2.66. The number of nitrogens with one attached hydrogen (secondary N) is 1. The Morgan fingerprint density at radius 2 is 1.85 bits per heavy atom. The number of para-hydroxylation sites is 1. The van der Waals surface area contributed by atoms with Crippen molar-refractivity contribution in [2.75, 3.05) is 20.2 Å². The first kappa shape index (κ1) is 18.9. The van der Waals surface area contributed by atoms with Gasteiger partial charge < -0.3 is 10.1 Å². The molecule has 0 spiro atoms. The molecule has 26 heavy (non-hydrogen) atoms. The van der Waals surface area contributed by atoms with E-state index in [1.807, 2.05) is 12.1 Å². The molecule has 0 aliphatic carbocycles. The van der Waals surface area contributed by atoms with E-state index in [9.17, 15) is 0 Å². The summed E-state index contributed by atoms with van der Waals surface area (Å²) in [5.74, 6) is 0.968. The Morgan fingerprint density at radius 1 is 1.08 bits per heavy atom. The van der Waals surface area contributed by atoms with Gasteiger partial charge in [0.25, 0.3) is 0 Å². The van der Waals surface area contributed by atoms with Gasteiger partial charge in [-0.1, -0.05) is 61.9 Å². The van der Waals surface area contributed by atoms with Crippen LogP contribution in [0.2, 0.25) is 0 Å². The number of methoxy groups -OCH3 is 1. The van der Waals surface area contributed by atoms with E-state index in [1.165, 1.54) is 49.9 Å². The number of hydrogen-bond acceptors (Lipinski definition) is 3. The van der Waals surface area contributed by atoms with E-state index in [2.05, 4.69) is 59.6 Å². The Kier molecular flexibility index (Phi) is 7.10. The lowest BCUT2D eigenvalue weighted by Crippen LogP contribution is -2.48. The minimum atomic E-state index is 0.450.